The summed E-state index contributed by atoms with van der Waals surface area (Å²) in [5.41, 5.74) is 3.83. The maximum Gasteiger partial charge on any atom is 0.228 e. The number of benzene rings is 1. The summed E-state index contributed by atoms with van der Waals surface area (Å²) in [4.78, 5) is 17.2. The third-order valence-electron chi connectivity index (χ3n) is 2.48. The van der Waals surface area contributed by atoms with Crippen LogP contribution in [0.5, 0.6) is 0 Å². The zero-order valence-electron chi connectivity index (χ0n) is 7.43. The summed E-state index contributed by atoms with van der Waals surface area (Å²) < 4.78 is 1.14. The van der Waals surface area contributed by atoms with E-state index in [9.17, 15) is 4.79 Å². The number of carbonyl (C=O) groups excluding carboxylic acids is 1. The summed E-state index contributed by atoms with van der Waals surface area (Å²) >= 11 is 1.61. The lowest BCUT2D eigenvalue weighted by Gasteiger charge is -2.30. The molecule has 0 spiro atoms. The van der Waals surface area contributed by atoms with Gasteiger partial charge in [0.1, 0.15) is 0 Å². The minimum absolute atomic E-state index is 0.217. The Morgan fingerprint density at radius 1 is 1.43 bits per heavy atom. The van der Waals surface area contributed by atoms with Crippen molar-refractivity contribution < 1.29 is 4.79 Å². The minimum Gasteiger partial charge on any atom is -0.312 e. The Morgan fingerprint density at radius 3 is 3.07 bits per heavy atom. The summed E-state index contributed by atoms with van der Waals surface area (Å²) in [6.07, 6.45) is 0.681. The molecule has 3 rings (SSSR count). The standard InChI is InChI=1S/C10H8N2OS/c13-10-3-4-12(10)7-1-2-8-9(5-7)14-6-11-8/h1-2,5-6H,3-4H2. The van der Waals surface area contributed by atoms with Crippen LogP contribution in [0.1, 0.15) is 6.42 Å². The van der Waals surface area contributed by atoms with E-state index in [2.05, 4.69) is 4.98 Å². The summed E-state index contributed by atoms with van der Waals surface area (Å²) in [6, 6.07) is 5.95. The molecule has 1 amide bonds. The number of fused-ring (bicyclic) bond motifs is 1. The highest BCUT2D eigenvalue weighted by Gasteiger charge is 2.25. The predicted molar refractivity (Wildman–Crippen MR) is 56.6 cm³/mol. The van der Waals surface area contributed by atoms with Crippen LogP contribution in [-0.2, 0) is 4.79 Å². The Kier molecular flexibility index (Phi) is 1.58. The number of nitrogens with zero attached hydrogens (tertiary/aromatic N) is 2. The zero-order chi connectivity index (χ0) is 9.54. The number of β-lactam (4-membered cyclic amide) rings is 1. The molecule has 1 aromatic carbocycles. The van der Waals surface area contributed by atoms with Crippen molar-refractivity contribution in [2.75, 3.05) is 11.4 Å². The first-order chi connectivity index (χ1) is 6.84. The van der Waals surface area contributed by atoms with Crippen LogP contribution in [0, 0.1) is 0 Å². The lowest BCUT2D eigenvalue weighted by atomic mass is 10.1. The molecule has 2 aromatic rings. The number of amides is 1. The fourth-order valence-corrected chi connectivity index (χ4v) is 2.31. The molecule has 1 aromatic heterocycles. The van der Waals surface area contributed by atoms with Gasteiger partial charge in [-0.3, -0.25) is 4.79 Å². The fraction of sp³-hybridized carbons (Fsp3) is 0.200. The van der Waals surface area contributed by atoms with Gasteiger partial charge in [0.05, 0.1) is 15.7 Å². The van der Waals surface area contributed by atoms with E-state index in [0.29, 0.717) is 6.42 Å². The summed E-state index contributed by atoms with van der Waals surface area (Å²) in [6.45, 7) is 0.850. The minimum atomic E-state index is 0.217. The number of thiazole rings is 1. The van der Waals surface area contributed by atoms with Crippen molar-refractivity contribution >= 4 is 33.1 Å². The molecule has 0 N–H and O–H groups in total. The van der Waals surface area contributed by atoms with Gasteiger partial charge in [0.25, 0.3) is 0 Å². The highest BCUT2D eigenvalue weighted by molar-refractivity contribution is 7.16. The molecule has 2 heterocycles. The number of hydrogen-bond donors (Lipinski definition) is 0. The van der Waals surface area contributed by atoms with Crippen molar-refractivity contribution in [3.05, 3.63) is 23.7 Å². The molecular formula is C10H8N2OS. The molecule has 14 heavy (non-hydrogen) atoms. The number of hydrogen-bond acceptors (Lipinski definition) is 3. The average molecular weight is 204 g/mol. The molecule has 1 aliphatic rings. The predicted octanol–water partition coefficient (Wildman–Crippen LogP) is 2.03. The zero-order valence-corrected chi connectivity index (χ0v) is 8.25. The van der Waals surface area contributed by atoms with Crippen molar-refractivity contribution in [1.82, 2.24) is 4.98 Å². The first-order valence-corrected chi connectivity index (χ1v) is 5.36. The molecule has 1 saturated heterocycles. The van der Waals surface area contributed by atoms with Crippen LogP contribution >= 0.6 is 11.3 Å². The lowest BCUT2D eigenvalue weighted by molar-refractivity contribution is -0.122. The van der Waals surface area contributed by atoms with E-state index < -0.39 is 0 Å². The van der Waals surface area contributed by atoms with Crippen molar-refractivity contribution in [2.45, 2.75) is 6.42 Å². The van der Waals surface area contributed by atoms with Gasteiger partial charge in [-0.05, 0) is 18.2 Å². The third-order valence-corrected chi connectivity index (χ3v) is 3.27. The maximum atomic E-state index is 11.2. The SMILES string of the molecule is O=C1CCN1c1ccc2ncsc2c1. The van der Waals surface area contributed by atoms with Crippen LogP contribution in [0.25, 0.3) is 10.2 Å². The largest absolute Gasteiger partial charge is 0.312 e. The molecular weight excluding hydrogens is 196 g/mol. The average Bonchev–Trinajstić information content (AvgIpc) is 2.62. The summed E-state index contributed by atoms with van der Waals surface area (Å²) in [5, 5.41) is 0. The molecule has 4 heteroatoms. The first kappa shape index (κ1) is 7.94. The van der Waals surface area contributed by atoms with E-state index in [4.69, 9.17) is 0 Å². The smallest absolute Gasteiger partial charge is 0.228 e. The van der Waals surface area contributed by atoms with Crippen LogP contribution in [0.4, 0.5) is 5.69 Å². The van der Waals surface area contributed by atoms with Gasteiger partial charge in [0.2, 0.25) is 5.91 Å². The van der Waals surface area contributed by atoms with E-state index in [1.54, 1.807) is 16.2 Å². The number of anilines is 1. The number of carbonyl (C=O) groups is 1. The van der Waals surface area contributed by atoms with Gasteiger partial charge in [-0.1, -0.05) is 0 Å². The molecule has 1 aliphatic heterocycles. The van der Waals surface area contributed by atoms with E-state index in [1.807, 2.05) is 23.7 Å². The van der Waals surface area contributed by atoms with Crippen molar-refractivity contribution in [3.63, 3.8) is 0 Å². The third kappa shape index (κ3) is 1.04. The Hall–Kier alpha value is -1.42. The van der Waals surface area contributed by atoms with Crippen LogP contribution in [-0.4, -0.2) is 17.4 Å². The van der Waals surface area contributed by atoms with Gasteiger partial charge in [-0.25, -0.2) is 4.98 Å². The fourth-order valence-electron chi connectivity index (χ4n) is 1.60. The Bertz CT molecular complexity index is 506. The summed E-state index contributed by atoms with van der Waals surface area (Å²) in [7, 11) is 0. The molecule has 0 atom stereocenters. The Morgan fingerprint density at radius 2 is 2.36 bits per heavy atom. The topological polar surface area (TPSA) is 33.2 Å². The molecule has 0 saturated carbocycles. The lowest BCUT2D eigenvalue weighted by Crippen LogP contribution is -2.43. The van der Waals surface area contributed by atoms with Gasteiger partial charge in [0.15, 0.2) is 0 Å². The monoisotopic (exact) mass is 204 g/mol. The van der Waals surface area contributed by atoms with Gasteiger partial charge in [0, 0.05) is 18.7 Å². The van der Waals surface area contributed by atoms with Crippen LogP contribution < -0.4 is 4.90 Å². The Labute approximate surface area is 85.0 Å². The highest BCUT2D eigenvalue weighted by atomic mass is 32.1. The van der Waals surface area contributed by atoms with Gasteiger partial charge >= 0.3 is 0 Å². The van der Waals surface area contributed by atoms with E-state index in [-0.39, 0.29) is 5.91 Å². The molecule has 3 nitrogen and oxygen atoms in total. The number of rotatable bonds is 1. The van der Waals surface area contributed by atoms with Crippen LogP contribution in [0.2, 0.25) is 0 Å². The van der Waals surface area contributed by atoms with Gasteiger partial charge in [-0.2, -0.15) is 0 Å². The molecule has 0 aliphatic carbocycles. The number of aromatic nitrogens is 1. The van der Waals surface area contributed by atoms with E-state index in [1.165, 1.54) is 0 Å². The summed E-state index contributed by atoms with van der Waals surface area (Å²) in [5.74, 6) is 0.217. The molecule has 0 bridgehead atoms. The van der Waals surface area contributed by atoms with Crippen molar-refractivity contribution in [3.8, 4) is 0 Å². The maximum absolute atomic E-state index is 11.2. The molecule has 0 unspecified atom stereocenters. The van der Waals surface area contributed by atoms with E-state index in [0.717, 1.165) is 22.4 Å². The first-order valence-electron chi connectivity index (χ1n) is 4.48. The second-order valence-electron chi connectivity index (χ2n) is 3.30. The quantitative estimate of drug-likeness (QED) is 0.666. The van der Waals surface area contributed by atoms with Crippen molar-refractivity contribution in [1.29, 1.82) is 0 Å². The van der Waals surface area contributed by atoms with Crippen molar-refractivity contribution in [2.24, 2.45) is 0 Å². The van der Waals surface area contributed by atoms with Crippen LogP contribution in [0.3, 0.4) is 0 Å². The second-order valence-corrected chi connectivity index (χ2v) is 4.19. The molecule has 70 valence electrons. The molecule has 0 radical (unpaired) electrons. The van der Waals surface area contributed by atoms with Crippen LogP contribution in [0.15, 0.2) is 23.7 Å². The second kappa shape index (κ2) is 2.78. The highest BCUT2D eigenvalue weighted by Crippen LogP contribution is 2.27. The van der Waals surface area contributed by atoms with Gasteiger partial charge in [-0.15, -0.1) is 11.3 Å². The van der Waals surface area contributed by atoms with E-state index >= 15 is 0 Å². The van der Waals surface area contributed by atoms with Gasteiger partial charge < -0.3 is 4.90 Å². The Balaban J connectivity index is 2.09. The normalized spacial score (nSPS) is 16.0. The molecule has 1 fully saturated rings.